The Bertz CT molecular complexity index is 1500. The van der Waals surface area contributed by atoms with Gasteiger partial charge in [-0.05, 0) is 80.0 Å². The Balaban J connectivity index is 0.904. The molecule has 0 bridgehead atoms. The molecule has 0 aromatic heterocycles. The summed E-state index contributed by atoms with van der Waals surface area (Å²) in [4.78, 5) is 0. The van der Waals surface area contributed by atoms with Gasteiger partial charge in [-0.3, -0.25) is 0 Å². The smallest absolute Gasteiger partial charge is 0.219 e. The Kier molecular flexibility index (Phi) is 8.36. The van der Waals surface area contributed by atoms with Gasteiger partial charge in [0.25, 0.3) is 0 Å². The summed E-state index contributed by atoms with van der Waals surface area (Å²) in [6.45, 7) is 12.5. The highest BCUT2D eigenvalue weighted by Crippen LogP contribution is 2.74. The van der Waals surface area contributed by atoms with Crippen LogP contribution in [0.25, 0.3) is 0 Å². The van der Waals surface area contributed by atoms with Crippen LogP contribution in [0.1, 0.15) is 90.4 Å². The number of allylic oxidation sites excluding steroid dienone is 1. The molecule has 4 saturated heterocycles. The molecule has 4 aliphatic carbocycles. The summed E-state index contributed by atoms with van der Waals surface area (Å²) in [5.41, 5.74) is 2.36. The Morgan fingerprint density at radius 2 is 1.82 bits per heavy atom. The van der Waals surface area contributed by atoms with Crippen molar-refractivity contribution >= 4 is 12.6 Å². The van der Waals surface area contributed by atoms with E-state index in [2.05, 4.69) is 39.5 Å². The first-order valence-electron chi connectivity index (χ1n) is 19.3. The highest BCUT2D eigenvalue weighted by atomic mass is 32.1. The van der Waals surface area contributed by atoms with Gasteiger partial charge in [-0.2, -0.15) is 12.6 Å². The number of thiol groups is 1. The maximum atomic E-state index is 11.8. The van der Waals surface area contributed by atoms with Crippen molar-refractivity contribution in [2.45, 2.75) is 132 Å². The SMILES string of the molecule is C=CC1C2C(CC3(S)C4CC=C5CC(OC6(O)COC7COC(c8ccccc8)OC7C6O)CCC5(C)C4CCC23C)OC12CCC(C)CO2. The van der Waals surface area contributed by atoms with Gasteiger partial charge in [0.05, 0.1) is 25.4 Å². The first kappa shape index (κ1) is 34.5. The first-order chi connectivity index (χ1) is 23.9. The van der Waals surface area contributed by atoms with Crippen molar-refractivity contribution in [3.63, 3.8) is 0 Å². The van der Waals surface area contributed by atoms with Gasteiger partial charge in [-0.25, -0.2) is 0 Å². The molecule has 9 rings (SSSR count). The van der Waals surface area contributed by atoms with Gasteiger partial charge in [0.1, 0.15) is 24.9 Å². The Hall–Kier alpha value is -1.27. The number of benzene rings is 1. The van der Waals surface area contributed by atoms with Crippen LogP contribution in [0.2, 0.25) is 0 Å². The number of rotatable bonds is 4. The Morgan fingerprint density at radius 1 is 1.00 bits per heavy atom. The molecule has 274 valence electrons. The highest BCUT2D eigenvalue weighted by molar-refractivity contribution is 7.81. The van der Waals surface area contributed by atoms with Gasteiger partial charge in [0.2, 0.25) is 5.79 Å². The lowest BCUT2D eigenvalue weighted by Gasteiger charge is -2.62. The van der Waals surface area contributed by atoms with Gasteiger partial charge in [-0.1, -0.05) is 68.8 Å². The van der Waals surface area contributed by atoms with Crippen molar-refractivity contribution in [2.75, 3.05) is 19.8 Å². The van der Waals surface area contributed by atoms with Gasteiger partial charge >= 0.3 is 0 Å². The molecule has 16 unspecified atom stereocenters. The largest absolute Gasteiger partial charge is 0.385 e. The summed E-state index contributed by atoms with van der Waals surface area (Å²) in [7, 11) is 0. The van der Waals surface area contributed by atoms with E-state index in [-0.39, 0.29) is 46.9 Å². The van der Waals surface area contributed by atoms with E-state index in [1.54, 1.807) is 0 Å². The summed E-state index contributed by atoms with van der Waals surface area (Å²) >= 11 is 5.75. The third kappa shape index (κ3) is 4.93. The van der Waals surface area contributed by atoms with E-state index < -0.39 is 36.2 Å². The number of ether oxygens (including phenoxy) is 6. The predicted octanol–water partition coefficient (Wildman–Crippen LogP) is 6.52. The Labute approximate surface area is 302 Å². The minimum absolute atomic E-state index is 0.0305. The summed E-state index contributed by atoms with van der Waals surface area (Å²) in [6.07, 6.45) is 10.2. The van der Waals surface area contributed by atoms with Crippen LogP contribution in [0.15, 0.2) is 54.6 Å². The molecule has 1 spiro atoms. The minimum Gasteiger partial charge on any atom is -0.385 e. The summed E-state index contributed by atoms with van der Waals surface area (Å²) in [5, 5.41) is 23.3. The second kappa shape index (κ2) is 12.1. The topological polar surface area (TPSA) is 95.8 Å². The standard InChI is InChI=1S/C41H56O8S/c1-5-28-33-31(49-41(28)18-13-24(2)21-46-41)20-39(50)30-12-11-26-19-27(14-16-37(26,3)29(30)15-17-38(33,39)4)48-40(43)23-45-32-22-44-36(47-34(32)35(40)42)25-9-7-6-8-10-25/h5-11,24,27-36,42-43,50H,1,12-23H2,2-4H3. The molecule has 16 atom stereocenters. The van der Waals surface area contributed by atoms with Crippen molar-refractivity contribution in [1.82, 2.24) is 0 Å². The fraction of sp³-hybridized carbons (Fsp3) is 0.756. The fourth-order valence-corrected chi connectivity index (χ4v) is 13.1. The maximum absolute atomic E-state index is 11.8. The molecule has 4 heterocycles. The summed E-state index contributed by atoms with van der Waals surface area (Å²) < 4.78 is 38.0. The highest BCUT2D eigenvalue weighted by Gasteiger charge is 2.74. The monoisotopic (exact) mass is 708 g/mol. The van der Waals surface area contributed by atoms with Crippen LogP contribution in [0.4, 0.5) is 0 Å². The molecular formula is C41H56O8S. The molecule has 7 fully saturated rings. The van der Waals surface area contributed by atoms with Crippen molar-refractivity contribution in [3.05, 3.63) is 60.2 Å². The lowest BCUT2D eigenvalue weighted by Crippen LogP contribution is -2.66. The van der Waals surface area contributed by atoms with Crippen molar-refractivity contribution in [3.8, 4) is 0 Å². The predicted molar refractivity (Wildman–Crippen MR) is 190 cm³/mol. The number of fused-ring (bicyclic) bond motifs is 8. The number of hydrogen-bond donors (Lipinski definition) is 3. The van der Waals surface area contributed by atoms with Crippen LogP contribution in [0, 0.1) is 40.4 Å². The van der Waals surface area contributed by atoms with E-state index in [1.807, 2.05) is 30.3 Å². The quantitative estimate of drug-likeness (QED) is 0.185. The fourth-order valence-electron chi connectivity index (χ4n) is 12.4. The van der Waals surface area contributed by atoms with Gasteiger partial charge in [0.15, 0.2) is 12.1 Å². The molecule has 4 aliphatic heterocycles. The molecule has 8 aliphatic rings. The average molecular weight is 709 g/mol. The molecule has 50 heavy (non-hydrogen) atoms. The molecule has 9 heteroatoms. The average Bonchev–Trinajstić information content (AvgIpc) is 3.54. The van der Waals surface area contributed by atoms with Crippen LogP contribution in [0.3, 0.4) is 0 Å². The molecule has 0 radical (unpaired) electrons. The normalized spacial score (nSPS) is 54.1. The zero-order valence-corrected chi connectivity index (χ0v) is 30.8. The number of aliphatic hydroxyl groups is 2. The zero-order chi connectivity index (χ0) is 34.7. The second-order valence-electron chi connectivity index (χ2n) is 17.7. The lowest BCUT2D eigenvalue weighted by molar-refractivity contribution is -0.388. The first-order valence-corrected chi connectivity index (χ1v) is 19.8. The van der Waals surface area contributed by atoms with Crippen molar-refractivity contribution in [1.29, 1.82) is 0 Å². The van der Waals surface area contributed by atoms with Gasteiger partial charge in [-0.15, -0.1) is 6.58 Å². The summed E-state index contributed by atoms with van der Waals surface area (Å²) in [6, 6.07) is 9.65. The van der Waals surface area contributed by atoms with Crippen LogP contribution in [0.5, 0.6) is 0 Å². The van der Waals surface area contributed by atoms with Crippen LogP contribution in [-0.4, -0.2) is 76.9 Å². The van der Waals surface area contributed by atoms with Crippen molar-refractivity contribution in [2.24, 2.45) is 40.4 Å². The molecule has 1 aromatic rings. The molecule has 0 amide bonds. The van der Waals surface area contributed by atoms with Crippen LogP contribution >= 0.6 is 12.6 Å². The lowest BCUT2D eigenvalue weighted by atomic mass is 9.46. The third-order valence-corrected chi connectivity index (χ3v) is 16.2. The number of hydrogen-bond acceptors (Lipinski definition) is 9. The number of aliphatic hydroxyl groups excluding tert-OH is 1. The van der Waals surface area contributed by atoms with E-state index in [0.717, 1.165) is 63.5 Å². The van der Waals surface area contributed by atoms with E-state index in [1.165, 1.54) is 12.0 Å². The zero-order valence-electron chi connectivity index (χ0n) is 29.9. The molecule has 2 N–H and O–H groups in total. The molecule has 1 aromatic carbocycles. The molecular weight excluding hydrogens is 653 g/mol. The van der Waals surface area contributed by atoms with Crippen LogP contribution < -0.4 is 0 Å². The van der Waals surface area contributed by atoms with Gasteiger partial charge in [0, 0.05) is 28.6 Å². The van der Waals surface area contributed by atoms with E-state index in [9.17, 15) is 10.2 Å². The van der Waals surface area contributed by atoms with E-state index in [0.29, 0.717) is 23.7 Å². The Morgan fingerprint density at radius 3 is 2.58 bits per heavy atom. The minimum atomic E-state index is -1.86. The second-order valence-corrected chi connectivity index (χ2v) is 18.5. The van der Waals surface area contributed by atoms with Crippen LogP contribution in [-0.2, 0) is 28.4 Å². The van der Waals surface area contributed by atoms with Crippen molar-refractivity contribution < 1.29 is 38.6 Å². The summed E-state index contributed by atoms with van der Waals surface area (Å²) in [5.74, 6) is -0.292. The molecule has 8 nitrogen and oxygen atoms in total. The molecule has 3 saturated carbocycles. The van der Waals surface area contributed by atoms with Gasteiger partial charge < -0.3 is 38.6 Å². The third-order valence-electron chi connectivity index (χ3n) is 15.2. The maximum Gasteiger partial charge on any atom is 0.219 e. The van der Waals surface area contributed by atoms with E-state index in [4.69, 9.17) is 41.0 Å². The van der Waals surface area contributed by atoms with E-state index >= 15 is 0 Å².